The maximum absolute atomic E-state index is 12.5. The van der Waals surface area contributed by atoms with Gasteiger partial charge in [-0.15, -0.1) is 11.3 Å². The van der Waals surface area contributed by atoms with Gasteiger partial charge in [-0.2, -0.15) is 0 Å². The van der Waals surface area contributed by atoms with E-state index in [1.165, 1.54) is 5.56 Å². The lowest BCUT2D eigenvalue weighted by Crippen LogP contribution is -2.37. The van der Waals surface area contributed by atoms with Crippen LogP contribution in [0, 0.1) is 0 Å². The van der Waals surface area contributed by atoms with E-state index in [1.54, 1.807) is 11.3 Å². The van der Waals surface area contributed by atoms with Crippen LogP contribution in [0.25, 0.3) is 0 Å². The highest BCUT2D eigenvalue weighted by atomic mass is 32.1. The van der Waals surface area contributed by atoms with Crippen LogP contribution in [0.3, 0.4) is 0 Å². The van der Waals surface area contributed by atoms with E-state index >= 15 is 0 Å². The molecule has 142 valence electrons. The fraction of sp³-hybridized carbons (Fsp3) is 0.450. The summed E-state index contributed by atoms with van der Waals surface area (Å²) in [7, 11) is 0. The number of aromatic nitrogens is 1. The van der Waals surface area contributed by atoms with Crippen molar-refractivity contribution in [1.82, 2.24) is 15.2 Å². The lowest BCUT2D eigenvalue weighted by Gasteiger charge is -2.21. The highest BCUT2D eigenvalue weighted by molar-refractivity contribution is 7.09. The van der Waals surface area contributed by atoms with Crippen LogP contribution in [0.4, 0.5) is 0 Å². The van der Waals surface area contributed by atoms with Crippen molar-refractivity contribution in [1.29, 1.82) is 0 Å². The molecule has 7 heteroatoms. The predicted octanol–water partition coefficient (Wildman–Crippen LogP) is 2.78. The summed E-state index contributed by atoms with van der Waals surface area (Å²) in [6.07, 6.45) is 3.30. The molecule has 2 atom stereocenters. The number of rotatable bonds is 6. The van der Waals surface area contributed by atoms with Crippen molar-refractivity contribution >= 4 is 23.0 Å². The summed E-state index contributed by atoms with van der Waals surface area (Å²) < 4.78 is 0. The lowest BCUT2D eigenvalue weighted by atomic mass is 9.96. The number of thiazole rings is 1. The normalized spacial score (nSPS) is 23.2. The molecule has 1 fully saturated rings. The zero-order valence-corrected chi connectivity index (χ0v) is 16.2. The van der Waals surface area contributed by atoms with Crippen molar-refractivity contribution in [3.05, 3.63) is 52.5 Å². The van der Waals surface area contributed by atoms with Gasteiger partial charge in [0.05, 0.1) is 6.54 Å². The number of oxime groups is 1. The third-order valence-electron chi connectivity index (χ3n) is 5.28. The highest BCUT2D eigenvalue weighted by Crippen LogP contribution is 2.34. The maximum Gasteiger partial charge on any atom is 0.269 e. The molecule has 2 aromatic rings. The predicted molar refractivity (Wildman–Crippen MR) is 106 cm³/mol. The average Bonchev–Trinajstić information content (AvgIpc) is 3.43. The standard InChI is InChI=1S/C20H24N4O2S/c1-15(16-5-3-2-4-6-16)12-22-19(25)17-11-20(26-23-17)7-9-24(14-20)13-18-21-8-10-27-18/h2-6,8,10,15H,7,9,11-14H2,1H3,(H,22,25). The Balaban J connectivity index is 1.27. The molecule has 1 spiro atoms. The first-order valence-corrected chi connectivity index (χ1v) is 10.2. The summed E-state index contributed by atoms with van der Waals surface area (Å²) in [5.41, 5.74) is 1.37. The molecule has 2 aliphatic heterocycles. The molecule has 3 heterocycles. The second-order valence-corrected chi connectivity index (χ2v) is 8.38. The van der Waals surface area contributed by atoms with E-state index in [-0.39, 0.29) is 17.4 Å². The Morgan fingerprint density at radius 1 is 1.41 bits per heavy atom. The van der Waals surface area contributed by atoms with E-state index in [9.17, 15) is 4.79 Å². The smallest absolute Gasteiger partial charge is 0.269 e. The average molecular weight is 385 g/mol. The summed E-state index contributed by atoms with van der Waals surface area (Å²) in [5, 5.41) is 10.2. The van der Waals surface area contributed by atoms with E-state index in [0.717, 1.165) is 31.1 Å². The van der Waals surface area contributed by atoms with Gasteiger partial charge in [0.15, 0.2) is 5.60 Å². The number of hydrogen-bond acceptors (Lipinski definition) is 6. The van der Waals surface area contributed by atoms with Gasteiger partial charge in [-0.05, 0) is 11.5 Å². The van der Waals surface area contributed by atoms with Crippen LogP contribution in [0.15, 0.2) is 47.1 Å². The molecule has 0 aliphatic carbocycles. The topological polar surface area (TPSA) is 66.8 Å². The van der Waals surface area contributed by atoms with Gasteiger partial charge in [-0.3, -0.25) is 9.69 Å². The Bertz CT molecular complexity index is 809. The number of carbonyl (C=O) groups excluding carboxylic acids is 1. The minimum absolute atomic E-state index is 0.118. The second-order valence-electron chi connectivity index (χ2n) is 7.40. The van der Waals surface area contributed by atoms with Gasteiger partial charge < -0.3 is 10.2 Å². The molecule has 1 aromatic heterocycles. The molecule has 27 heavy (non-hydrogen) atoms. The molecule has 1 N–H and O–H groups in total. The summed E-state index contributed by atoms with van der Waals surface area (Å²) in [6, 6.07) is 10.2. The molecule has 2 unspecified atom stereocenters. The minimum atomic E-state index is -0.352. The number of carbonyl (C=O) groups is 1. The maximum atomic E-state index is 12.5. The third-order valence-corrected chi connectivity index (χ3v) is 6.04. The summed E-state index contributed by atoms with van der Waals surface area (Å²) >= 11 is 1.67. The number of hydrogen-bond donors (Lipinski definition) is 1. The van der Waals surface area contributed by atoms with Crippen molar-refractivity contribution in [2.75, 3.05) is 19.6 Å². The Labute approximate surface area is 163 Å². The van der Waals surface area contributed by atoms with Gasteiger partial charge in [0.1, 0.15) is 10.7 Å². The van der Waals surface area contributed by atoms with Crippen LogP contribution in [0.5, 0.6) is 0 Å². The highest BCUT2D eigenvalue weighted by Gasteiger charge is 2.46. The van der Waals surface area contributed by atoms with Gasteiger partial charge in [0.25, 0.3) is 5.91 Å². The molecule has 1 amide bonds. The first-order valence-electron chi connectivity index (χ1n) is 9.32. The zero-order valence-electron chi connectivity index (χ0n) is 15.4. The fourth-order valence-corrected chi connectivity index (χ4v) is 4.35. The molecule has 0 bridgehead atoms. The SMILES string of the molecule is CC(CNC(=O)C1=NOC2(CCN(Cc3nccs3)C2)C1)c1ccccc1. The summed E-state index contributed by atoms with van der Waals surface area (Å²) in [5.74, 6) is 0.139. The van der Waals surface area contributed by atoms with Crippen LogP contribution in [-0.4, -0.2) is 46.7 Å². The monoisotopic (exact) mass is 384 g/mol. The van der Waals surface area contributed by atoms with Crippen molar-refractivity contribution in [2.45, 2.75) is 37.8 Å². The van der Waals surface area contributed by atoms with E-state index in [2.05, 4.69) is 39.4 Å². The second kappa shape index (κ2) is 7.78. The molecule has 4 rings (SSSR count). The Kier molecular flexibility index (Phi) is 5.22. The number of likely N-dealkylation sites (tertiary alicyclic amines) is 1. The molecule has 6 nitrogen and oxygen atoms in total. The number of amides is 1. The summed E-state index contributed by atoms with van der Waals surface area (Å²) in [6.45, 7) is 5.25. The van der Waals surface area contributed by atoms with Gasteiger partial charge in [0, 0.05) is 44.1 Å². The van der Waals surface area contributed by atoms with E-state index in [1.807, 2.05) is 29.8 Å². The molecule has 1 aromatic carbocycles. The summed E-state index contributed by atoms with van der Waals surface area (Å²) in [4.78, 5) is 24.9. The number of nitrogens with one attached hydrogen (secondary N) is 1. The van der Waals surface area contributed by atoms with E-state index in [0.29, 0.717) is 18.7 Å². The molecular weight excluding hydrogens is 360 g/mol. The molecule has 1 saturated heterocycles. The number of nitrogens with zero attached hydrogens (tertiary/aromatic N) is 3. The van der Waals surface area contributed by atoms with Gasteiger partial charge in [-0.1, -0.05) is 42.4 Å². The van der Waals surface area contributed by atoms with Crippen molar-refractivity contribution < 1.29 is 9.63 Å². The third kappa shape index (κ3) is 4.20. The van der Waals surface area contributed by atoms with E-state index in [4.69, 9.17) is 4.84 Å². The minimum Gasteiger partial charge on any atom is -0.387 e. The Morgan fingerprint density at radius 2 is 2.26 bits per heavy atom. The molecule has 0 radical (unpaired) electrons. The largest absolute Gasteiger partial charge is 0.387 e. The van der Waals surface area contributed by atoms with Gasteiger partial charge >= 0.3 is 0 Å². The molecule has 2 aliphatic rings. The van der Waals surface area contributed by atoms with Crippen LogP contribution < -0.4 is 5.32 Å². The molecular formula is C20H24N4O2S. The lowest BCUT2D eigenvalue weighted by molar-refractivity contribution is -0.115. The first kappa shape index (κ1) is 18.1. The van der Waals surface area contributed by atoms with Crippen LogP contribution in [0.1, 0.15) is 36.3 Å². The van der Waals surface area contributed by atoms with Crippen molar-refractivity contribution in [2.24, 2.45) is 5.16 Å². The van der Waals surface area contributed by atoms with E-state index < -0.39 is 0 Å². The zero-order chi connectivity index (χ0) is 18.7. The molecule has 0 saturated carbocycles. The number of benzene rings is 1. The Morgan fingerprint density at radius 3 is 3.04 bits per heavy atom. The van der Waals surface area contributed by atoms with Crippen molar-refractivity contribution in [3.8, 4) is 0 Å². The fourth-order valence-electron chi connectivity index (χ4n) is 3.69. The van der Waals surface area contributed by atoms with Gasteiger partial charge in [0.2, 0.25) is 0 Å². The van der Waals surface area contributed by atoms with Crippen LogP contribution in [0.2, 0.25) is 0 Å². The van der Waals surface area contributed by atoms with Crippen molar-refractivity contribution in [3.63, 3.8) is 0 Å². The van der Waals surface area contributed by atoms with Crippen LogP contribution in [-0.2, 0) is 16.2 Å². The van der Waals surface area contributed by atoms with Crippen LogP contribution >= 0.6 is 11.3 Å². The Hall–Kier alpha value is -2.25. The van der Waals surface area contributed by atoms with Gasteiger partial charge in [-0.25, -0.2) is 4.98 Å². The first-order chi connectivity index (χ1) is 13.1. The quantitative estimate of drug-likeness (QED) is 0.832.